The maximum Gasteiger partial charge on any atom is 0.223 e. The maximum absolute atomic E-state index is 5.56. The number of hydrogen-bond donors (Lipinski definition) is 2. The highest BCUT2D eigenvalue weighted by molar-refractivity contribution is 5.26. The molecule has 1 aromatic heterocycles. The Morgan fingerprint density at radius 1 is 1.47 bits per heavy atom. The molecule has 5 nitrogen and oxygen atoms in total. The topological polar surface area (TPSA) is 67.1 Å². The van der Waals surface area contributed by atoms with Crippen LogP contribution in [0.15, 0.2) is 12.3 Å². The Bertz CT molecular complexity index is 347. The number of rotatable bonds is 4. The maximum atomic E-state index is 5.56. The van der Waals surface area contributed by atoms with Gasteiger partial charge in [-0.15, -0.1) is 0 Å². The Morgan fingerprint density at radius 3 is 2.88 bits per heavy atom. The number of nitrogens with one attached hydrogen (secondary N) is 1. The standard InChI is InChI=1S/C12H21N5/c1-10-2-6-14-12(15-10)16-11-3-7-17(8-4-11)9-5-13/h2,6,11H,3-5,7-9,13H2,1H3,(H,14,15,16). The molecule has 3 N–H and O–H groups in total. The van der Waals surface area contributed by atoms with E-state index in [1.54, 1.807) is 6.20 Å². The van der Waals surface area contributed by atoms with E-state index in [1.165, 1.54) is 0 Å². The van der Waals surface area contributed by atoms with E-state index < -0.39 is 0 Å². The molecule has 0 aromatic carbocycles. The molecule has 0 bridgehead atoms. The van der Waals surface area contributed by atoms with Crippen molar-refractivity contribution in [3.8, 4) is 0 Å². The summed E-state index contributed by atoms with van der Waals surface area (Å²) < 4.78 is 0. The fourth-order valence-electron chi connectivity index (χ4n) is 2.18. The molecule has 1 fully saturated rings. The van der Waals surface area contributed by atoms with E-state index in [0.29, 0.717) is 6.04 Å². The van der Waals surface area contributed by atoms with Gasteiger partial charge in [-0.05, 0) is 25.8 Å². The van der Waals surface area contributed by atoms with E-state index in [1.807, 2.05) is 13.0 Å². The number of hydrogen-bond acceptors (Lipinski definition) is 5. The molecule has 0 unspecified atom stereocenters. The number of aryl methyl sites for hydroxylation is 1. The Morgan fingerprint density at radius 2 is 2.24 bits per heavy atom. The fraction of sp³-hybridized carbons (Fsp3) is 0.667. The van der Waals surface area contributed by atoms with Gasteiger partial charge in [0.15, 0.2) is 0 Å². The molecule has 1 aromatic rings. The monoisotopic (exact) mass is 235 g/mol. The van der Waals surface area contributed by atoms with E-state index in [2.05, 4.69) is 20.2 Å². The zero-order chi connectivity index (χ0) is 12.1. The lowest BCUT2D eigenvalue weighted by Crippen LogP contribution is -2.41. The molecule has 94 valence electrons. The van der Waals surface area contributed by atoms with Gasteiger partial charge in [-0.3, -0.25) is 0 Å². The number of piperidine rings is 1. The molecule has 2 heterocycles. The van der Waals surface area contributed by atoms with Gasteiger partial charge in [0.25, 0.3) is 0 Å². The predicted octanol–water partition coefficient (Wildman–Crippen LogP) is 0.620. The second-order valence-electron chi connectivity index (χ2n) is 4.57. The smallest absolute Gasteiger partial charge is 0.223 e. The van der Waals surface area contributed by atoms with Crippen LogP contribution in [0.5, 0.6) is 0 Å². The normalized spacial score (nSPS) is 18.2. The number of nitrogens with zero attached hydrogens (tertiary/aromatic N) is 3. The van der Waals surface area contributed by atoms with E-state index >= 15 is 0 Å². The molecule has 0 atom stereocenters. The van der Waals surface area contributed by atoms with Gasteiger partial charge < -0.3 is 16.0 Å². The van der Waals surface area contributed by atoms with Crippen molar-refractivity contribution in [3.05, 3.63) is 18.0 Å². The van der Waals surface area contributed by atoms with E-state index in [-0.39, 0.29) is 0 Å². The van der Waals surface area contributed by atoms with Crippen molar-refractivity contribution in [1.82, 2.24) is 14.9 Å². The number of aromatic nitrogens is 2. The molecule has 0 aliphatic carbocycles. The van der Waals surface area contributed by atoms with Gasteiger partial charge in [-0.1, -0.05) is 0 Å². The largest absolute Gasteiger partial charge is 0.351 e. The molecular formula is C12H21N5. The first-order valence-corrected chi connectivity index (χ1v) is 6.26. The summed E-state index contributed by atoms with van der Waals surface area (Å²) in [5.41, 5.74) is 6.56. The average Bonchev–Trinajstić information content (AvgIpc) is 2.32. The molecule has 0 spiro atoms. The van der Waals surface area contributed by atoms with Crippen LogP contribution in [0.3, 0.4) is 0 Å². The number of anilines is 1. The summed E-state index contributed by atoms with van der Waals surface area (Å²) in [5.74, 6) is 0.752. The van der Waals surface area contributed by atoms with Crippen LogP contribution in [-0.2, 0) is 0 Å². The van der Waals surface area contributed by atoms with Gasteiger partial charge in [-0.2, -0.15) is 0 Å². The second-order valence-corrected chi connectivity index (χ2v) is 4.57. The van der Waals surface area contributed by atoms with E-state index in [9.17, 15) is 0 Å². The Balaban J connectivity index is 1.82. The van der Waals surface area contributed by atoms with Crippen LogP contribution in [0.2, 0.25) is 0 Å². The average molecular weight is 235 g/mol. The fourth-order valence-corrected chi connectivity index (χ4v) is 2.18. The van der Waals surface area contributed by atoms with Crippen LogP contribution < -0.4 is 11.1 Å². The van der Waals surface area contributed by atoms with Crippen molar-refractivity contribution < 1.29 is 0 Å². The SMILES string of the molecule is Cc1ccnc(NC2CCN(CCN)CC2)n1. The van der Waals surface area contributed by atoms with Crippen LogP contribution >= 0.6 is 0 Å². The van der Waals surface area contributed by atoms with Crippen molar-refractivity contribution in [3.63, 3.8) is 0 Å². The summed E-state index contributed by atoms with van der Waals surface area (Å²) in [4.78, 5) is 11.0. The predicted molar refractivity (Wildman–Crippen MR) is 68.9 cm³/mol. The third kappa shape index (κ3) is 3.64. The second kappa shape index (κ2) is 5.93. The first-order valence-electron chi connectivity index (χ1n) is 6.26. The summed E-state index contributed by atoms with van der Waals surface area (Å²) in [6, 6.07) is 2.40. The van der Waals surface area contributed by atoms with Crippen molar-refractivity contribution >= 4 is 5.95 Å². The summed E-state index contributed by atoms with van der Waals surface area (Å²) in [7, 11) is 0. The molecule has 0 amide bonds. The highest BCUT2D eigenvalue weighted by Gasteiger charge is 2.18. The van der Waals surface area contributed by atoms with Crippen molar-refractivity contribution in [2.45, 2.75) is 25.8 Å². The minimum Gasteiger partial charge on any atom is -0.351 e. The van der Waals surface area contributed by atoms with E-state index in [0.717, 1.165) is 50.7 Å². The molecule has 0 radical (unpaired) electrons. The summed E-state index contributed by atoms with van der Waals surface area (Å²) >= 11 is 0. The van der Waals surface area contributed by atoms with Gasteiger partial charge in [0.1, 0.15) is 0 Å². The minimum atomic E-state index is 0.492. The van der Waals surface area contributed by atoms with Gasteiger partial charge in [0.2, 0.25) is 5.95 Å². The first kappa shape index (κ1) is 12.3. The van der Waals surface area contributed by atoms with Crippen molar-refractivity contribution in [2.75, 3.05) is 31.5 Å². The molecule has 17 heavy (non-hydrogen) atoms. The lowest BCUT2D eigenvalue weighted by molar-refractivity contribution is 0.224. The third-order valence-electron chi connectivity index (χ3n) is 3.16. The lowest BCUT2D eigenvalue weighted by Gasteiger charge is -2.31. The quantitative estimate of drug-likeness (QED) is 0.801. The molecule has 1 saturated heterocycles. The van der Waals surface area contributed by atoms with E-state index in [4.69, 9.17) is 5.73 Å². The zero-order valence-electron chi connectivity index (χ0n) is 10.4. The van der Waals surface area contributed by atoms with Gasteiger partial charge in [0, 0.05) is 44.1 Å². The Kier molecular flexibility index (Phi) is 4.28. The lowest BCUT2D eigenvalue weighted by atomic mass is 10.1. The molecule has 1 aliphatic rings. The van der Waals surface area contributed by atoms with Gasteiger partial charge >= 0.3 is 0 Å². The Hall–Kier alpha value is -1.20. The molecule has 2 rings (SSSR count). The summed E-state index contributed by atoms with van der Waals surface area (Å²) in [6.45, 7) is 5.96. The highest BCUT2D eigenvalue weighted by Crippen LogP contribution is 2.13. The van der Waals surface area contributed by atoms with Crippen molar-refractivity contribution in [1.29, 1.82) is 0 Å². The molecule has 5 heteroatoms. The molecular weight excluding hydrogens is 214 g/mol. The van der Waals surface area contributed by atoms with Crippen LogP contribution in [0.25, 0.3) is 0 Å². The molecule has 1 aliphatic heterocycles. The highest BCUT2D eigenvalue weighted by atomic mass is 15.2. The van der Waals surface area contributed by atoms with Crippen LogP contribution in [0.1, 0.15) is 18.5 Å². The van der Waals surface area contributed by atoms with Crippen LogP contribution in [0, 0.1) is 6.92 Å². The van der Waals surface area contributed by atoms with Gasteiger partial charge in [0.05, 0.1) is 0 Å². The van der Waals surface area contributed by atoms with Crippen LogP contribution in [-0.4, -0.2) is 47.1 Å². The minimum absolute atomic E-state index is 0.492. The van der Waals surface area contributed by atoms with Crippen molar-refractivity contribution in [2.24, 2.45) is 5.73 Å². The Labute approximate surface area is 102 Å². The number of likely N-dealkylation sites (tertiary alicyclic amines) is 1. The summed E-state index contributed by atoms with van der Waals surface area (Å²) in [6.07, 6.45) is 4.07. The molecule has 0 saturated carbocycles. The first-order chi connectivity index (χ1) is 8.28. The zero-order valence-corrected chi connectivity index (χ0v) is 10.4. The number of nitrogens with two attached hydrogens (primary N) is 1. The van der Waals surface area contributed by atoms with Gasteiger partial charge in [-0.25, -0.2) is 9.97 Å². The third-order valence-corrected chi connectivity index (χ3v) is 3.16. The van der Waals surface area contributed by atoms with Crippen LogP contribution in [0.4, 0.5) is 5.95 Å². The summed E-state index contributed by atoms with van der Waals surface area (Å²) in [5, 5.41) is 3.40.